The van der Waals surface area contributed by atoms with Crippen molar-refractivity contribution in [3.8, 4) is 5.88 Å². The Morgan fingerprint density at radius 2 is 2.06 bits per heavy atom. The topological polar surface area (TPSA) is 51.2 Å². The molecule has 1 N–H and O–H groups in total. The molecule has 0 radical (unpaired) electrons. The maximum Gasteiger partial charge on any atom is 0.256 e. The van der Waals surface area contributed by atoms with Crippen molar-refractivity contribution in [1.29, 1.82) is 0 Å². The van der Waals surface area contributed by atoms with Crippen LogP contribution in [0.25, 0.3) is 0 Å². The molecule has 0 bridgehead atoms. The third kappa shape index (κ3) is 2.98. The number of aromatic nitrogens is 1. The van der Waals surface area contributed by atoms with Crippen LogP contribution in [0.15, 0.2) is 42.6 Å². The molecule has 2 aromatic rings. The molecular weight excluding hydrogens is 343 g/mol. The Balaban J connectivity index is 2.14. The summed E-state index contributed by atoms with van der Waals surface area (Å²) in [6.45, 7) is 0. The molecule has 0 fully saturated rings. The first-order valence-electron chi connectivity index (χ1n) is 5.26. The molecule has 1 amide bonds. The Bertz CT molecular complexity index is 555. The minimum Gasteiger partial charge on any atom is -0.481 e. The fourth-order valence-corrected chi connectivity index (χ4v) is 2.05. The van der Waals surface area contributed by atoms with Gasteiger partial charge in [0.2, 0.25) is 5.88 Å². The second kappa shape index (κ2) is 5.81. The van der Waals surface area contributed by atoms with E-state index in [0.29, 0.717) is 17.1 Å². The van der Waals surface area contributed by atoms with Crippen molar-refractivity contribution in [2.75, 3.05) is 12.4 Å². The maximum absolute atomic E-state index is 12.0. The minimum atomic E-state index is -0.146. The average Bonchev–Trinajstić information content (AvgIpc) is 2.40. The highest BCUT2D eigenvalue weighted by molar-refractivity contribution is 14.1. The van der Waals surface area contributed by atoms with Gasteiger partial charge in [0, 0.05) is 9.64 Å². The predicted molar refractivity (Wildman–Crippen MR) is 77.9 cm³/mol. The summed E-state index contributed by atoms with van der Waals surface area (Å²) in [5, 5.41) is 2.79. The summed E-state index contributed by atoms with van der Waals surface area (Å²) in [7, 11) is 1.55. The first-order valence-corrected chi connectivity index (χ1v) is 6.34. The fraction of sp³-hybridized carbons (Fsp3) is 0.0769. The number of hydrogen-bond donors (Lipinski definition) is 1. The van der Waals surface area contributed by atoms with Gasteiger partial charge in [-0.2, -0.15) is 0 Å². The number of anilines is 1. The number of ether oxygens (including phenoxy) is 1. The summed E-state index contributed by atoms with van der Waals surface area (Å²) in [5.41, 5.74) is 1.29. The number of nitrogens with zero attached hydrogens (tertiary/aromatic N) is 1. The van der Waals surface area contributed by atoms with Gasteiger partial charge in [0.05, 0.1) is 24.6 Å². The van der Waals surface area contributed by atoms with E-state index >= 15 is 0 Å². The van der Waals surface area contributed by atoms with Crippen molar-refractivity contribution in [2.24, 2.45) is 0 Å². The van der Waals surface area contributed by atoms with Crippen LogP contribution in [-0.4, -0.2) is 18.0 Å². The zero-order chi connectivity index (χ0) is 13.0. The summed E-state index contributed by atoms with van der Waals surface area (Å²) in [6.07, 6.45) is 1.56. The number of carbonyl (C=O) groups is 1. The smallest absolute Gasteiger partial charge is 0.256 e. The molecule has 1 heterocycles. The highest BCUT2D eigenvalue weighted by atomic mass is 127. The van der Waals surface area contributed by atoms with Gasteiger partial charge in [-0.3, -0.25) is 4.79 Å². The molecule has 1 aromatic heterocycles. The van der Waals surface area contributed by atoms with Crippen molar-refractivity contribution >= 4 is 34.2 Å². The molecule has 5 heteroatoms. The summed E-state index contributed by atoms with van der Waals surface area (Å²) < 4.78 is 5.86. The lowest BCUT2D eigenvalue weighted by Crippen LogP contribution is -2.13. The highest BCUT2D eigenvalue weighted by Gasteiger charge is 2.09. The van der Waals surface area contributed by atoms with E-state index in [1.807, 2.05) is 18.2 Å². The fourth-order valence-electron chi connectivity index (χ4n) is 1.42. The second-order valence-electron chi connectivity index (χ2n) is 3.52. The van der Waals surface area contributed by atoms with Crippen LogP contribution in [0.5, 0.6) is 5.88 Å². The third-order valence-electron chi connectivity index (χ3n) is 2.32. The minimum absolute atomic E-state index is 0.146. The molecule has 4 nitrogen and oxygen atoms in total. The molecule has 1 aromatic carbocycles. The quantitative estimate of drug-likeness (QED) is 0.863. The zero-order valence-corrected chi connectivity index (χ0v) is 11.8. The van der Waals surface area contributed by atoms with E-state index in [9.17, 15) is 4.79 Å². The lowest BCUT2D eigenvalue weighted by atomic mass is 10.2. The SMILES string of the molecule is COc1ccc(NC(=O)c2ccccc2I)cn1. The van der Waals surface area contributed by atoms with E-state index in [4.69, 9.17) is 4.74 Å². The molecule has 0 aliphatic rings. The van der Waals surface area contributed by atoms with Gasteiger partial charge in [-0.05, 0) is 40.8 Å². The number of carbonyl (C=O) groups excluding carboxylic acids is 1. The largest absolute Gasteiger partial charge is 0.481 e. The molecule has 0 unspecified atom stereocenters. The number of hydrogen-bond acceptors (Lipinski definition) is 3. The van der Waals surface area contributed by atoms with Crippen LogP contribution >= 0.6 is 22.6 Å². The van der Waals surface area contributed by atoms with Gasteiger partial charge < -0.3 is 10.1 Å². The molecule has 18 heavy (non-hydrogen) atoms. The standard InChI is InChI=1S/C13H11IN2O2/c1-18-12-7-6-9(8-15-12)16-13(17)10-4-2-3-5-11(10)14/h2-8H,1H3,(H,16,17). The van der Waals surface area contributed by atoms with Gasteiger partial charge in [-0.15, -0.1) is 0 Å². The van der Waals surface area contributed by atoms with Crippen LogP contribution in [0.2, 0.25) is 0 Å². The van der Waals surface area contributed by atoms with Crippen molar-refractivity contribution < 1.29 is 9.53 Å². The van der Waals surface area contributed by atoms with Crippen LogP contribution in [0.4, 0.5) is 5.69 Å². The number of methoxy groups -OCH3 is 1. The predicted octanol–water partition coefficient (Wildman–Crippen LogP) is 2.95. The molecule has 0 atom stereocenters. The van der Waals surface area contributed by atoms with Crippen LogP contribution in [0.3, 0.4) is 0 Å². The van der Waals surface area contributed by atoms with Crippen molar-refractivity contribution in [3.63, 3.8) is 0 Å². The summed E-state index contributed by atoms with van der Waals surface area (Å²) in [4.78, 5) is 16.0. The van der Waals surface area contributed by atoms with Crippen LogP contribution in [0, 0.1) is 3.57 Å². The second-order valence-corrected chi connectivity index (χ2v) is 4.69. The Labute approximate surface area is 119 Å². The highest BCUT2D eigenvalue weighted by Crippen LogP contribution is 2.15. The van der Waals surface area contributed by atoms with E-state index in [0.717, 1.165) is 3.57 Å². The Hall–Kier alpha value is -1.63. The van der Waals surface area contributed by atoms with E-state index in [-0.39, 0.29) is 5.91 Å². The van der Waals surface area contributed by atoms with Crippen LogP contribution in [-0.2, 0) is 0 Å². The van der Waals surface area contributed by atoms with Crippen molar-refractivity contribution in [3.05, 3.63) is 51.7 Å². The monoisotopic (exact) mass is 354 g/mol. The summed E-state index contributed by atoms with van der Waals surface area (Å²) in [6, 6.07) is 10.9. The number of nitrogens with one attached hydrogen (secondary N) is 1. The lowest BCUT2D eigenvalue weighted by Gasteiger charge is -2.06. The van der Waals surface area contributed by atoms with E-state index in [2.05, 4.69) is 32.9 Å². The summed E-state index contributed by atoms with van der Waals surface area (Å²) >= 11 is 2.13. The first-order chi connectivity index (χ1) is 8.70. The van der Waals surface area contributed by atoms with E-state index < -0.39 is 0 Å². The van der Waals surface area contributed by atoms with Gasteiger partial charge >= 0.3 is 0 Å². The number of halogens is 1. The Kier molecular flexibility index (Phi) is 4.14. The molecule has 0 aliphatic carbocycles. The molecule has 0 saturated carbocycles. The maximum atomic E-state index is 12.0. The van der Waals surface area contributed by atoms with Crippen molar-refractivity contribution in [1.82, 2.24) is 4.98 Å². The molecule has 0 aliphatic heterocycles. The first kappa shape index (κ1) is 12.8. The van der Waals surface area contributed by atoms with E-state index in [1.165, 1.54) is 0 Å². The van der Waals surface area contributed by atoms with E-state index in [1.54, 1.807) is 31.5 Å². The van der Waals surface area contributed by atoms with Crippen LogP contribution < -0.4 is 10.1 Å². The molecule has 92 valence electrons. The van der Waals surface area contributed by atoms with Crippen molar-refractivity contribution in [2.45, 2.75) is 0 Å². The number of pyridine rings is 1. The number of benzene rings is 1. The average molecular weight is 354 g/mol. The number of amides is 1. The van der Waals surface area contributed by atoms with Gasteiger partial charge in [0.15, 0.2) is 0 Å². The zero-order valence-electron chi connectivity index (χ0n) is 9.68. The Morgan fingerprint density at radius 1 is 1.28 bits per heavy atom. The third-order valence-corrected chi connectivity index (χ3v) is 3.26. The summed E-state index contributed by atoms with van der Waals surface area (Å²) in [5.74, 6) is 0.370. The lowest BCUT2D eigenvalue weighted by molar-refractivity contribution is 0.102. The normalized spacial score (nSPS) is 9.89. The van der Waals surface area contributed by atoms with Gasteiger partial charge in [-0.1, -0.05) is 12.1 Å². The van der Waals surface area contributed by atoms with Gasteiger partial charge in [0.1, 0.15) is 0 Å². The molecule has 0 saturated heterocycles. The van der Waals surface area contributed by atoms with Crippen LogP contribution in [0.1, 0.15) is 10.4 Å². The Morgan fingerprint density at radius 3 is 2.67 bits per heavy atom. The number of rotatable bonds is 3. The molecular formula is C13H11IN2O2. The molecule has 0 spiro atoms. The molecule has 2 rings (SSSR count). The van der Waals surface area contributed by atoms with Gasteiger partial charge in [0.25, 0.3) is 5.91 Å². The van der Waals surface area contributed by atoms with Gasteiger partial charge in [-0.25, -0.2) is 4.98 Å².